The molecular formula is C53H70N4O4. The van der Waals surface area contributed by atoms with Gasteiger partial charge >= 0.3 is 5.97 Å². The largest absolute Gasteiger partial charge is 0.515 e. The second kappa shape index (κ2) is 20.3. The molecule has 8 heteroatoms. The van der Waals surface area contributed by atoms with E-state index < -0.39 is 0 Å². The quantitative estimate of drug-likeness (QED) is 0.0583. The lowest BCUT2D eigenvalue weighted by Crippen LogP contribution is -2.16. The minimum absolute atomic E-state index is 0.00438. The molecule has 8 bridgehead atoms. The molecule has 2 fully saturated rings. The van der Waals surface area contributed by atoms with Gasteiger partial charge in [-0.2, -0.15) is 0 Å². The van der Waals surface area contributed by atoms with E-state index in [0.717, 1.165) is 75.2 Å². The molecule has 2 N–H and O–H groups in total. The van der Waals surface area contributed by atoms with Crippen LogP contribution in [0.2, 0.25) is 0 Å². The van der Waals surface area contributed by atoms with Gasteiger partial charge < -0.3 is 15.2 Å². The molecule has 5 unspecified atom stereocenters. The third-order valence-corrected chi connectivity index (χ3v) is 13.7. The number of aliphatic hydroxyl groups is 1. The zero-order chi connectivity index (χ0) is 44.0. The molecule has 5 atom stereocenters. The lowest BCUT2D eigenvalue weighted by Gasteiger charge is -2.19. The van der Waals surface area contributed by atoms with E-state index in [0.29, 0.717) is 52.7 Å². The van der Waals surface area contributed by atoms with Crippen molar-refractivity contribution >= 4 is 28.9 Å². The van der Waals surface area contributed by atoms with Crippen molar-refractivity contribution in [2.75, 3.05) is 6.61 Å². The van der Waals surface area contributed by atoms with Crippen LogP contribution in [0.25, 0.3) is 0 Å². The molecule has 6 aliphatic rings. The van der Waals surface area contributed by atoms with Gasteiger partial charge in [0.15, 0.2) is 5.78 Å². The Morgan fingerprint density at radius 2 is 1.72 bits per heavy atom. The molecule has 0 aromatic rings. The summed E-state index contributed by atoms with van der Waals surface area (Å²) < 4.78 is 5.81. The van der Waals surface area contributed by atoms with Crippen molar-refractivity contribution in [2.45, 2.75) is 146 Å². The molecule has 1 saturated heterocycles. The highest BCUT2D eigenvalue weighted by Gasteiger charge is 2.43. The van der Waals surface area contributed by atoms with Gasteiger partial charge in [-0.1, -0.05) is 105 Å². The van der Waals surface area contributed by atoms with E-state index in [1.54, 1.807) is 0 Å². The van der Waals surface area contributed by atoms with Crippen LogP contribution in [0.1, 0.15) is 146 Å². The summed E-state index contributed by atoms with van der Waals surface area (Å²) in [6, 6.07) is 0. The minimum atomic E-state index is -0.221. The highest BCUT2D eigenvalue weighted by atomic mass is 16.5. The smallest absolute Gasteiger partial charge is 0.306 e. The number of allylic oxidation sites excluding steroid dienone is 13. The van der Waals surface area contributed by atoms with Crippen LogP contribution in [0.4, 0.5) is 0 Å². The summed E-state index contributed by atoms with van der Waals surface area (Å²) in [7, 11) is 0. The normalized spacial score (nSPS) is 23.3. The first-order valence-electron chi connectivity index (χ1n) is 23.2. The molecule has 61 heavy (non-hydrogen) atoms. The summed E-state index contributed by atoms with van der Waals surface area (Å²) in [5.74, 6) is 1.90. The number of aliphatic imine (C=N–C) groups is 3. The van der Waals surface area contributed by atoms with Crippen molar-refractivity contribution in [3.05, 3.63) is 116 Å². The van der Waals surface area contributed by atoms with Crippen molar-refractivity contribution in [2.24, 2.45) is 44.6 Å². The molecule has 5 aliphatic heterocycles. The lowest BCUT2D eigenvalue weighted by atomic mass is 9.86. The number of nitrogens with zero attached hydrogens (tertiary/aromatic N) is 3. The standard InChI is InChI=1S/C53H70N4O4/c1-11-14-15-17-31(4)18-16-19-32(5)24-34(7)25-33(6)22-23-61-50(60)21-20-40-36(9)44-27-43-35(8)38(12-2)46(54-43)29-48-42(30-58)39(13-3)47(55-48)28-45-37(10)51-49(59)26-41(52(40)56-44)53(51)57-45/h12,22,27-32,34,36,40,56,58H,2,11,13-21,23-26H2,1,3-10H3. The molecule has 5 heterocycles. The maximum absolute atomic E-state index is 13.8. The number of ketones is 1. The van der Waals surface area contributed by atoms with E-state index in [4.69, 9.17) is 19.7 Å². The van der Waals surface area contributed by atoms with Crippen LogP contribution >= 0.6 is 0 Å². The first-order valence-corrected chi connectivity index (χ1v) is 23.2. The Kier molecular flexibility index (Phi) is 15.2. The van der Waals surface area contributed by atoms with E-state index >= 15 is 0 Å². The summed E-state index contributed by atoms with van der Waals surface area (Å²) in [4.78, 5) is 42.2. The van der Waals surface area contributed by atoms with E-state index in [1.807, 2.05) is 39.0 Å². The summed E-state index contributed by atoms with van der Waals surface area (Å²) >= 11 is 0. The molecule has 1 saturated carbocycles. The maximum atomic E-state index is 13.8. The second-order valence-corrected chi connectivity index (χ2v) is 18.6. The maximum Gasteiger partial charge on any atom is 0.306 e. The van der Waals surface area contributed by atoms with Gasteiger partial charge in [0.05, 0.1) is 40.5 Å². The molecule has 0 amide bonds. The Bertz CT molecular complexity index is 2190. The van der Waals surface area contributed by atoms with Gasteiger partial charge in [-0.25, -0.2) is 15.0 Å². The number of esters is 1. The Labute approximate surface area is 365 Å². The molecular weight excluding hydrogens is 757 g/mol. The van der Waals surface area contributed by atoms with Gasteiger partial charge in [0.1, 0.15) is 6.61 Å². The van der Waals surface area contributed by atoms with Crippen LogP contribution in [0, 0.1) is 29.6 Å². The number of hydrogen-bond acceptors (Lipinski definition) is 8. The number of ether oxygens (including phenoxy) is 1. The SMILES string of the molecule is C=CC1=C(C)C2=NC1=CC1=NC(=C(CC)C1=CO)C=C1N=C3C(=C4NC(=C2)C(C)C4CCC(=O)OCC=C(C)CC(C)CC(C)CCCC(C)CCCCC)CC(=O)C3=C1C. The number of rotatable bonds is 19. The molecule has 0 radical (unpaired) electrons. The Morgan fingerprint density at radius 1 is 0.967 bits per heavy atom. The van der Waals surface area contributed by atoms with Crippen LogP contribution in [-0.2, 0) is 14.3 Å². The number of fused-ring (bicyclic) bond motifs is 5. The number of nitrogens with one attached hydrogen (secondary N) is 1. The van der Waals surface area contributed by atoms with Crippen molar-refractivity contribution in [3.63, 3.8) is 0 Å². The van der Waals surface area contributed by atoms with Crippen LogP contribution in [-0.4, -0.2) is 40.6 Å². The summed E-state index contributed by atoms with van der Waals surface area (Å²) in [6.07, 6.45) is 24.2. The number of hydrogen-bond donors (Lipinski definition) is 2. The molecule has 0 aromatic carbocycles. The fourth-order valence-electron chi connectivity index (χ4n) is 10.2. The van der Waals surface area contributed by atoms with Gasteiger partial charge in [-0.15, -0.1) is 0 Å². The monoisotopic (exact) mass is 827 g/mol. The fourth-order valence-corrected chi connectivity index (χ4v) is 10.2. The van der Waals surface area contributed by atoms with E-state index in [9.17, 15) is 14.7 Å². The highest BCUT2D eigenvalue weighted by molar-refractivity contribution is 6.38. The third-order valence-electron chi connectivity index (χ3n) is 13.7. The van der Waals surface area contributed by atoms with Gasteiger partial charge in [0, 0.05) is 58.4 Å². The second-order valence-electron chi connectivity index (χ2n) is 18.6. The number of aliphatic hydroxyl groups excluding tert-OH is 1. The summed E-state index contributed by atoms with van der Waals surface area (Å²) in [5, 5.41) is 14.1. The fraction of sp³-hybridized carbons (Fsp3) is 0.528. The number of unbranched alkanes of at least 4 members (excludes halogenated alkanes) is 2. The van der Waals surface area contributed by atoms with E-state index in [2.05, 4.69) is 65.6 Å². The Morgan fingerprint density at radius 3 is 2.44 bits per heavy atom. The predicted octanol–water partition coefficient (Wildman–Crippen LogP) is 12.7. The summed E-state index contributed by atoms with van der Waals surface area (Å²) in [5.41, 5.74) is 13.2. The molecule has 8 nitrogen and oxygen atoms in total. The lowest BCUT2D eigenvalue weighted by molar-refractivity contribution is -0.142. The first kappa shape index (κ1) is 45.7. The van der Waals surface area contributed by atoms with Crippen molar-refractivity contribution < 1.29 is 19.4 Å². The van der Waals surface area contributed by atoms with Crippen molar-refractivity contribution in [1.29, 1.82) is 0 Å². The van der Waals surface area contributed by atoms with Crippen molar-refractivity contribution in [1.82, 2.24) is 5.32 Å². The van der Waals surface area contributed by atoms with Gasteiger partial charge in [0.25, 0.3) is 0 Å². The average Bonchev–Trinajstić information content (AvgIpc) is 3.98. The molecule has 6 rings (SSSR count). The van der Waals surface area contributed by atoms with E-state index in [1.165, 1.54) is 56.9 Å². The number of carbonyl (C=O) groups excluding carboxylic acids is 2. The van der Waals surface area contributed by atoms with Gasteiger partial charge in [-0.05, 0) is 105 Å². The zero-order valence-corrected chi connectivity index (χ0v) is 38.5. The number of carbonyl (C=O) groups is 2. The van der Waals surface area contributed by atoms with Gasteiger partial charge in [0.2, 0.25) is 0 Å². The average molecular weight is 827 g/mol. The highest BCUT2D eigenvalue weighted by Crippen LogP contribution is 2.45. The zero-order valence-electron chi connectivity index (χ0n) is 38.5. The first-order chi connectivity index (χ1) is 29.3. The minimum Gasteiger partial charge on any atom is -0.515 e. The predicted molar refractivity (Wildman–Crippen MR) is 251 cm³/mol. The molecule has 326 valence electrons. The third kappa shape index (κ3) is 10.3. The Hall–Kier alpha value is -4.85. The van der Waals surface area contributed by atoms with E-state index in [-0.39, 0.29) is 43.0 Å². The van der Waals surface area contributed by atoms with Crippen LogP contribution in [0.15, 0.2) is 131 Å². The molecule has 1 aliphatic carbocycles. The van der Waals surface area contributed by atoms with Crippen LogP contribution in [0.5, 0.6) is 0 Å². The number of Topliss-reactive ketones (excluding diaryl/α,β-unsaturated/α-hetero) is 1. The molecule has 0 spiro atoms. The van der Waals surface area contributed by atoms with Crippen LogP contribution in [0.3, 0.4) is 0 Å². The van der Waals surface area contributed by atoms with Crippen molar-refractivity contribution in [3.8, 4) is 0 Å². The van der Waals surface area contributed by atoms with Gasteiger partial charge in [-0.3, -0.25) is 9.59 Å². The molecule has 0 aromatic heterocycles. The Balaban J connectivity index is 1.17. The van der Waals surface area contributed by atoms with Crippen LogP contribution < -0.4 is 5.32 Å². The topological polar surface area (TPSA) is 113 Å². The summed E-state index contributed by atoms with van der Waals surface area (Å²) in [6.45, 7) is 24.2.